The minimum Gasteiger partial charge on any atom is -0.378 e. The number of hydrogen-bond acceptors (Lipinski definition) is 3. The summed E-state index contributed by atoms with van der Waals surface area (Å²) in [7, 11) is 3.95. The van der Waals surface area contributed by atoms with E-state index >= 15 is 0 Å². The van der Waals surface area contributed by atoms with E-state index in [-0.39, 0.29) is 0 Å². The molecule has 3 heteroatoms. The molecule has 0 N–H and O–H groups in total. The zero-order chi connectivity index (χ0) is 11.3. The highest BCUT2D eigenvalue weighted by molar-refractivity contribution is 5.46. The monoisotopic (exact) mass is 199 g/mol. The Balaban J connectivity index is 2.74. The van der Waals surface area contributed by atoms with E-state index in [0.29, 0.717) is 6.42 Å². The number of rotatable bonds is 3. The van der Waals surface area contributed by atoms with Crippen molar-refractivity contribution in [2.24, 2.45) is 5.92 Å². The van der Waals surface area contributed by atoms with Crippen molar-refractivity contribution < 1.29 is 0 Å². The molecule has 0 fully saturated rings. The van der Waals surface area contributed by atoms with E-state index in [4.69, 9.17) is 10.5 Å². The molecule has 0 bridgehead atoms. The normalized spacial score (nSPS) is 9.40. The lowest BCUT2D eigenvalue weighted by Gasteiger charge is -2.12. The summed E-state index contributed by atoms with van der Waals surface area (Å²) in [5.74, 6) is -0.546. The third-order valence-corrected chi connectivity index (χ3v) is 2.20. The fourth-order valence-corrected chi connectivity index (χ4v) is 1.29. The van der Waals surface area contributed by atoms with Crippen molar-refractivity contribution in [2.75, 3.05) is 19.0 Å². The average molecular weight is 199 g/mol. The third-order valence-electron chi connectivity index (χ3n) is 2.20. The Morgan fingerprint density at radius 2 is 1.67 bits per heavy atom. The van der Waals surface area contributed by atoms with Crippen molar-refractivity contribution in [2.45, 2.75) is 6.42 Å². The summed E-state index contributed by atoms with van der Waals surface area (Å²) in [6, 6.07) is 11.8. The molecule has 0 aromatic heterocycles. The molecule has 0 spiro atoms. The van der Waals surface area contributed by atoms with Crippen LogP contribution in [0.25, 0.3) is 0 Å². The number of hydrogen-bond donors (Lipinski definition) is 0. The van der Waals surface area contributed by atoms with Gasteiger partial charge in [0.15, 0.2) is 0 Å². The van der Waals surface area contributed by atoms with Gasteiger partial charge in [0, 0.05) is 26.2 Å². The molecule has 0 atom stereocenters. The summed E-state index contributed by atoms with van der Waals surface area (Å²) in [6.07, 6.45) is 0.501. The molecule has 0 saturated carbocycles. The summed E-state index contributed by atoms with van der Waals surface area (Å²) in [5, 5.41) is 17.3. The van der Waals surface area contributed by atoms with Crippen LogP contribution >= 0.6 is 0 Å². The first-order valence-corrected chi connectivity index (χ1v) is 4.73. The van der Waals surface area contributed by atoms with Crippen LogP contribution in [0.5, 0.6) is 0 Å². The van der Waals surface area contributed by atoms with Crippen LogP contribution in [0.4, 0.5) is 5.69 Å². The Hall–Kier alpha value is -2.00. The molecule has 1 rings (SSSR count). The molecule has 0 aliphatic rings. The van der Waals surface area contributed by atoms with Gasteiger partial charge in [-0.2, -0.15) is 10.5 Å². The standard InChI is InChI=1S/C12H13N3/c1-15(2)12-5-3-10(4-6-12)7-11(8-13)9-14/h3-6,11H,7H2,1-2H3. The maximum atomic E-state index is 8.65. The van der Waals surface area contributed by atoms with Gasteiger partial charge in [0.1, 0.15) is 5.92 Å². The highest BCUT2D eigenvalue weighted by Gasteiger charge is 2.06. The zero-order valence-corrected chi connectivity index (χ0v) is 8.94. The third kappa shape index (κ3) is 3.00. The van der Waals surface area contributed by atoms with Crippen molar-refractivity contribution in [1.29, 1.82) is 10.5 Å². The minimum absolute atomic E-state index is 0.501. The Morgan fingerprint density at radius 1 is 1.13 bits per heavy atom. The molecule has 0 unspecified atom stereocenters. The Labute approximate surface area is 90.2 Å². The van der Waals surface area contributed by atoms with E-state index < -0.39 is 5.92 Å². The molecule has 3 nitrogen and oxygen atoms in total. The molecule has 0 saturated heterocycles. The lowest BCUT2D eigenvalue weighted by atomic mass is 10.0. The smallest absolute Gasteiger partial charge is 0.137 e. The van der Waals surface area contributed by atoms with Gasteiger partial charge < -0.3 is 4.90 Å². The quantitative estimate of drug-likeness (QED) is 0.747. The Bertz CT molecular complexity index is 378. The van der Waals surface area contributed by atoms with E-state index in [1.165, 1.54) is 0 Å². The Kier molecular flexibility index (Phi) is 3.71. The van der Waals surface area contributed by atoms with E-state index in [2.05, 4.69) is 0 Å². The van der Waals surface area contributed by atoms with Gasteiger partial charge in [0.2, 0.25) is 0 Å². The van der Waals surface area contributed by atoms with Crippen LogP contribution in [0, 0.1) is 28.6 Å². The summed E-state index contributed by atoms with van der Waals surface area (Å²) in [5.41, 5.74) is 2.14. The summed E-state index contributed by atoms with van der Waals surface area (Å²) in [4.78, 5) is 2.01. The van der Waals surface area contributed by atoms with Crippen LogP contribution in [0.1, 0.15) is 5.56 Å². The van der Waals surface area contributed by atoms with Crippen molar-refractivity contribution in [1.82, 2.24) is 0 Å². The molecular formula is C12H13N3. The van der Waals surface area contributed by atoms with Gasteiger partial charge in [-0.1, -0.05) is 12.1 Å². The molecule has 1 aromatic carbocycles. The molecule has 1 aromatic rings. The molecule has 0 radical (unpaired) electrons. The first kappa shape index (κ1) is 11.1. The van der Waals surface area contributed by atoms with E-state index in [1.54, 1.807) is 0 Å². The predicted octanol–water partition coefficient (Wildman–Crippen LogP) is 1.96. The average Bonchev–Trinajstić information content (AvgIpc) is 2.26. The van der Waals surface area contributed by atoms with Crippen LogP contribution in [0.2, 0.25) is 0 Å². The number of nitriles is 2. The molecule has 0 aliphatic heterocycles. The van der Waals surface area contributed by atoms with E-state index in [9.17, 15) is 0 Å². The lowest BCUT2D eigenvalue weighted by Crippen LogP contribution is -2.08. The van der Waals surface area contributed by atoms with Crippen molar-refractivity contribution >= 4 is 5.69 Å². The molecule has 0 amide bonds. The van der Waals surface area contributed by atoms with Crippen molar-refractivity contribution in [3.05, 3.63) is 29.8 Å². The SMILES string of the molecule is CN(C)c1ccc(CC(C#N)C#N)cc1. The zero-order valence-electron chi connectivity index (χ0n) is 8.94. The number of nitrogens with zero attached hydrogens (tertiary/aromatic N) is 3. The van der Waals surface area contributed by atoms with Crippen molar-refractivity contribution in [3.8, 4) is 12.1 Å². The number of anilines is 1. The minimum atomic E-state index is -0.546. The van der Waals surface area contributed by atoms with Gasteiger partial charge >= 0.3 is 0 Å². The van der Waals surface area contributed by atoms with Crippen LogP contribution in [-0.4, -0.2) is 14.1 Å². The molecule has 15 heavy (non-hydrogen) atoms. The van der Waals surface area contributed by atoms with E-state index in [0.717, 1.165) is 11.3 Å². The first-order chi connectivity index (χ1) is 7.17. The van der Waals surface area contributed by atoms with Gasteiger partial charge in [-0.25, -0.2) is 0 Å². The summed E-state index contributed by atoms with van der Waals surface area (Å²) >= 11 is 0. The highest BCUT2D eigenvalue weighted by atomic mass is 15.1. The maximum absolute atomic E-state index is 8.65. The molecule has 0 heterocycles. The van der Waals surface area contributed by atoms with Gasteiger partial charge in [-0.15, -0.1) is 0 Å². The van der Waals surface area contributed by atoms with Gasteiger partial charge in [0.25, 0.3) is 0 Å². The predicted molar refractivity (Wildman–Crippen MR) is 59.2 cm³/mol. The fourth-order valence-electron chi connectivity index (χ4n) is 1.29. The molecule has 0 aliphatic carbocycles. The second kappa shape index (κ2) is 5.02. The van der Waals surface area contributed by atoms with Crippen LogP contribution in [-0.2, 0) is 6.42 Å². The lowest BCUT2D eigenvalue weighted by molar-refractivity contribution is 0.834. The second-order valence-electron chi connectivity index (χ2n) is 3.58. The second-order valence-corrected chi connectivity index (χ2v) is 3.58. The van der Waals surface area contributed by atoms with Crippen LogP contribution in [0.3, 0.4) is 0 Å². The van der Waals surface area contributed by atoms with Gasteiger partial charge in [-0.3, -0.25) is 0 Å². The van der Waals surface area contributed by atoms with Crippen LogP contribution in [0.15, 0.2) is 24.3 Å². The Morgan fingerprint density at radius 3 is 2.07 bits per heavy atom. The van der Waals surface area contributed by atoms with E-state index in [1.807, 2.05) is 55.4 Å². The molecule has 76 valence electrons. The van der Waals surface area contributed by atoms with Gasteiger partial charge in [0.05, 0.1) is 12.1 Å². The van der Waals surface area contributed by atoms with Crippen LogP contribution < -0.4 is 4.90 Å². The fraction of sp³-hybridized carbons (Fsp3) is 0.333. The number of benzene rings is 1. The highest BCUT2D eigenvalue weighted by Crippen LogP contribution is 2.14. The first-order valence-electron chi connectivity index (χ1n) is 4.73. The van der Waals surface area contributed by atoms with Crippen molar-refractivity contribution in [3.63, 3.8) is 0 Å². The largest absolute Gasteiger partial charge is 0.378 e. The summed E-state index contributed by atoms with van der Waals surface area (Å²) in [6.45, 7) is 0. The van der Waals surface area contributed by atoms with Gasteiger partial charge in [-0.05, 0) is 17.7 Å². The molecular weight excluding hydrogens is 186 g/mol. The topological polar surface area (TPSA) is 50.8 Å². The maximum Gasteiger partial charge on any atom is 0.137 e. The summed E-state index contributed by atoms with van der Waals surface area (Å²) < 4.78 is 0.